The number of carbonyl (C=O) groups is 1. The number of pyridine rings is 1. The Morgan fingerprint density at radius 1 is 1.12 bits per heavy atom. The summed E-state index contributed by atoms with van der Waals surface area (Å²) in [6, 6.07) is 13.2. The molecule has 1 heterocycles. The van der Waals surface area contributed by atoms with Crippen LogP contribution in [0.2, 0.25) is 0 Å². The Hall–Kier alpha value is -2.89. The number of hydrogen-bond donors (Lipinski definition) is 3. The molecular formula is C27H36N4O2. The third-order valence-electron chi connectivity index (χ3n) is 7.37. The van der Waals surface area contributed by atoms with Crippen LogP contribution in [0, 0.1) is 11.3 Å². The van der Waals surface area contributed by atoms with E-state index in [0.717, 1.165) is 36.9 Å². The minimum atomic E-state index is -0.613. The second kappa shape index (κ2) is 10.4. The van der Waals surface area contributed by atoms with Crippen LogP contribution >= 0.6 is 0 Å². The zero-order valence-electron chi connectivity index (χ0n) is 19.6. The number of aromatic nitrogens is 1. The van der Waals surface area contributed by atoms with Crippen molar-refractivity contribution in [2.75, 3.05) is 6.61 Å². The molecule has 2 fully saturated rings. The molecule has 1 atom stereocenters. The standard InChI is InChI=1S/C27H36N4O2/c1-19(21-12-14-22(15-13-21)25(28)29)30-26(32)27(16-5-6-17-27)23-10-7-11-24(31-23)33-18-20-8-3-2-4-9-20/h7,10-15,19-20H,2-6,8-9,16-18H2,1H3,(H3,28,29)(H,30,32)/t19-/m0/s1. The number of rotatable bonds is 8. The van der Waals surface area contributed by atoms with Gasteiger partial charge in [-0.25, -0.2) is 4.98 Å². The average Bonchev–Trinajstić information content (AvgIpc) is 3.35. The first-order valence-corrected chi connectivity index (χ1v) is 12.3. The zero-order chi connectivity index (χ0) is 23.3. The molecule has 0 saturated heterocycles. The molecule has 2 saturated carbocycles. The molecule has 1 aromatic heterocycles. The molecule has 0 bridgehead atoms. The summed E-state index contributed by atoms with van der Waals surface area (Å²) in [5, 5.41) is 10.8. The van der Waals surface area contributed by atoms with E-state index >= 15 is 0 Å². The molecular weight excluding hydrogens is 412 g/mol. The van der Waals surface area contributed by atoms with E-state index in [1.807, 2.05) is 49.4 Å². The molecule has 4 N–H and O–H groups in total. The molecule has 33 heavy (non-hydrogen) atoms. The van der Waals surface area contributed by atoms with Crippen molar-refractivity contribution in [2.24, 2.45) is 11.7 Å². The number of ether oxygens (including phenoxy) is 1. The Morgan fingerprint density at radius 3 is 2.48 bits per heavy atom. The highest BCUT2D eigenvalue weighted by atomic mass is 16.5. The molecule has 1 amide bonds. The van der Waals surface area contributed by atoms with Crippen LogP contribution in [0.25, 0.3) is 0 Å². The Balaban J connectivity index is 1.47. The van der Waals surface area contributed by atoms with Gasteiger partial charge < -0.3 is 15.8 Å². The van der Waals surface area contributed by atoms with Crippen LogP contribution in [0.1, 0.15) is 87.6 Å². The first kappa shape index (κ1) is 23.3. The van der Waals surface area contributed by atoms with Crippen molar-refractivity contribution >= 4 is 11.7 Å². The van der Waals surface area contributed by atoms with Gasteiger partial charge in [0.05, 0.1) is 23.8 Å². The predicted molar refractivity (Wildman–Crippen MR) is 130 cm³/mol. The predicted octanol–water partition coefficient (Wildman–Crippen LogP) is 5.01. The van der Waals surface area contributed by atoms with Crippen LogP contribution in [-0.2, 0) is 10.2 Å². The van der Waals surface area contributed by atoms with Crippen LogP contribution in [0.3, 0.4) is 0 Å². The van der Waals surface area contributed by atoms with Gasteiger partial charge >= 0.3 is 0 Å². The monoisotopic (exact) mass is 448 g/mol. The zero-order valence-corrected chi connectivity index (χ0v) is 19.6. The molecule has 4 rings (SSSR count). The number of amidine groups is 1. The fourth-order valence-corrected chi connectivity index (χ4v) is 5.27. The SMILES string of the molecule is C[C@H](NC(=O)C1(c2cccc(OCC3CCCCC3)n2)CCCC1)c1ccc(C(=N)N)cc1. The van der Waals surface area contributed by atoms with E-state index in [1.54, 1.807) is 0 Å². The molecule has 2 aliphatic carbocycles. The molecule has 176 valence electrons. The Kier molecular flexibility index (Phi) is 7.31. The summed E-state index contributed by atoms with van der Waals surface area (Å²) in [5.74, 6) is 1.31. The number of amides is 1. The van der Waals surface area contributed by atoms with Crippen molar-refractivity contribution in [3.05, 3.63) is 59.3 Å². The van der Waals surface area contributed by atoms with Crippen LogP contribution < -0.4 is 15.8 Å². The van der Waals surface area contributed by atoms with Crippen molar-refractivity contribution in [3.8, 4) is 5.88 Å². The second-order valence-corrected chi connectivity index (χ2v) is 9.70. The molecule has 6 heteroatoms. The van der Waals surface area contributed by atoms with Crippen molar-refractivity contribution in [2.45, 2.75) is 76.2 Å². The maximum Gasteiger partial charge on any atom is 0.232 e. The number of nitrogens with one attached hydrogen (secondary N) is 2. The largest absolute Gasteiger partial charge is 0.477 e. The quantitative estimate of drug-likeness (QED) is 0.390. The number of hydrogen-bond acceptors (Lipinski definition) is 4. The van der Waals surface area contributed by atoms with Crippen LogP contribution in [0.15, 0.2) is 42.5 Å². The molecule has 2 aromatic rings. The van der Waals surface area contributed by atoms with Crippen molar-refractivity contribution in [1.29, 1.82) is 5.41 Å². The molecule has 0 aliphatic heterocycles. The highest BCUT2D eigenvalue weighted by Gasteiger charge is 2.44. The first-order chi connectivity index (χ1) is 16.0. The van der Waals surface area contributed by atoms with Gasteiger partial charge in [0.1, 0.15) is 5.84 Å². The molecule has 0 radical (unpaired) electrons. The van der Waals surface area contributed by atoms with Gasteiger partial charge in [-0.1, -0.05) is 62.4 Å². The van der Waals surface area contributed by atoms with E-state index in [0.29, 0.717) is 24.0 Å². The molecule has 0 unspecified atom stereocenters. The fourth-order valence-electron chi connectivity index (χ4n) is 5.27. The number of nitrogens with zero attached hydrogens (tertiary/aromatic N) is 1. The number of nitrogen functional groups attached to an aromatic ring is 1. The Labute approximate surface area is 196 Å². The molecule has 1 aromatic carbocycles. The van der Waals surface area contributed by atoms with E-state index in [4.69, 9.17) is 20.9 Å². The Morgan fingerprint density at radius 2 is 1.82 bits per heavy atom. The normalized spacial score (nSPS) is 19.1. The summed E-state index contributed by atoms with van der Waals surface area (Å²) in [5.41, 5.74) is 7.43. The Bertz CT molecular complexity index is 960. The van der Waals surface area contributed by atoms with Crippen molar-refractivity contribution in [1.82, 2.24) is 10.3 Å². The van der Waals surface area contributed by atoms with Crippen LogP contribution in [-0.4, -0.2) is 23.3 Å². The summed E-state index contributed by atoms with van der Waals surface area (Å²) in [4.78, 5) is 18.4. The summed E-state index contributed by atoms with van der Waals surface area (Å²) >= 11 is 0. The first-order valence-electron chi connectivity index (χ1n) is 12.3. The van der Waals surface area contributed by atoms with E-state index < -0.39 is 5.41 Å². The summed E-state index contributed by atoms with van der Waals surface area (Å²) in [6.45, 7) is 2.70. The third-order valence-corrected chi connectivity index (χ3v) is 7.37. The van der Waals surface area contributed by atoms with Gasteiger partial charge in [0, 0.05) is 11.6 Å². The van der Waals surface area contributed by atoms with Gasteiger partial charge in [-0.05, 0) is 50.2 Å². The molecule has 2 aliphatic rings. The highest BCUT2D eigenvalue weighted by Crippen LogP contribution is 2.41. The number of benzene rings is 1. The van der Waals surface area contributed by atoms with Gasteiger partial charge in [-0.15, -0.1) is 0 Å². The van der Waals surface area contributed by atoms with Gasteiger partial charge in [0.15, 0.2) is 0 Å². The van der Waals surface area contributed by atoms with Crippen LogP contribution in [0.4, 0.5) is 0 Å². The summed E-state index contributed by atoms with van der Waals surface area (Å²) < 4.78 is 6.08. The average molecular weight is 449 g/mol. The molecule has 6 nitrogen and oxygen atoms in total. The molecule has 0 spiro atoms. The van der Waals surface area contributed by atoms with E-state index in [1.165, 1.54) is 32.1 Å². The lowest BCUT2D eigenvalue weighted by Crippen LogP contribution is -2.44. The summed E-state index contributed by atoms with van der Waals surface area (Å²) in [7, 11) is 0. The van der Waals surface area contributed by atoms with E-state index in [2.05, 4.69) is 5.32 Å². The second-order valence-electron chi connectivity index (χ2n) is 9.70. The van der Waals surface area contributed by atoms with Crippen molar-refractivity contribution in [3.63, 3.8) is 0 Å². The van der Waals surface area contributed by atoms with Crippen LogP contribution in [0.5, 0.6) is 5.88 Å². The topological polar surface area (TPSA) is 101 Å². The summed E-state index contributed by atoms with van der Waals surface area (Å²) in [6.07, 6.45) is 10.0. The fraction of sp³-hybridized carbons (Fsp3) is 0.519. The number of nitrogens with two attached hydrogens (primary N) is 1. The number of carbonyl (C=O) groups excluding carboxylic acids is 1. The minimum Gasteiger partial charge on any atom is -0.477 e. The maximum absolute atomic E-state index is 13.6. The van der Waals surface area contributed by atoms with Gasteiger partial charge in [0.25, 0.3) is 0 Å². The third kappa shape index (κ3) is 5.37. The minimum absolute atomic E-state index is 0.0278. The van der Waals surface area contributed by atoms with E-state index in [-0.39, 0.29) is 17.8 Å². The lowest BCUT2D eigenvalue weighted by Gasteiger charge is -2.29. The van der Waals surface area contributed by atoms with Gasteiger partial charge in [-0.3, -0.25) is 10.2 Å². The smallest absolute Gasteiger partial charge is 0.232 e. The van der Waals surface area contributed by atoms with E-state index in [9.17, 15) is 4.79 Å². The van der Waals surface area contributed by atoms with Gasteiger partial charge in [-0.2, -0.15) is 0 Å². The maximum atomic E-state index is 13.6. The van der Waals surface area contributed by atoms with Crippen molar-refractivity contribution < 1.29 is 9.53 Å². The van der Waals surface area contributed by atoms with Gasteiger partial charge in [0.2, 0.25) is 11.8 Å². The highest BCUT2D eigenvalue weighted by molar-refractivity contribution is 5.95. The lowest BCUT2D eigenvalue weighted by molar-refractivity contribution is -0.127. The lowest BCUT2D eigenvalue weighted by atomic mass is 9.80.